The second kappa shape index (κ2) is 5.14. The highest BCUT2D eigenvalue weighted by Crippen LogP contribution is 2.26. The summed E-state index contributed by atoms with van der Waals surface area (Å²) in [6.45, 7) is 2.48. The van der Waals surface area contributed by atoms with Gasteiger partial charge in [-0.25, -0.2) is 4.98 Å². The molecular formula is C12H11BrN2O2. The number of hydrogen-bond donors (Lipinski definition) is 1. The smallest absolute Gasteiger partial charge is 0.265 e. The van der Waals surface area contributed by atoms with Crippen molar-refractivity contribution in [3.63, 3.8) is 0 Å². The Balaban J connectivity index is 2.52. The van der Waals surface area contributed by atoms with Gasteiger partial charge in [-0.2, -0.15) is 0 Å². The number of aromatic nitrogens is 2. The number of ether oxygens (including phenoxy) is 1. The standard InChI is InChI=1S/C12H11BrN2O2/c1-2-17-10-6-4-3-5-8(10)11-14-7-9(13)12(16)15-11/h3-7H,2H2,1H3,(H,14,15,16). The average Bonchev–Trinajstić information content (AvgIpc) is 2.34. The van der Waals surface area contributed by atoms with Gasteiger partial charge in [-0.1, -0.05) is 12.1 Å². The maximum atomic E-state index is 11.5. The van der Waals surface area contributed by atoms with Gasteiger partial charge in [0.1, 0.15) is 16.0 Å². The van der Waals surface area contributed by atoms with Gasteiger partial charge in [0, 0.05) is 6.20 Å². The molecule has 1 heterocycles. The predicted molar refractivity (Wildman–Crippen MR) is 69.2 cm³/mol. The van der Waals surface area contributed by atoms with Crippen LogP contribution in [0.25, 0.3) is 11.4 Å². The molecule has 88 valence electrons. The third kappa shape index (κ3) is 2.55. The number of para-hydroxylation sites is 1. The summed E-state index contributed by atoms with van der Waals surface area (Å²) in [4.78, 5) is 18.4. The minimum absolute atomic E-state index is 0.207. The molecule has 0 spiro atoms. The highest BCUT2D eigenvalue weighted by atomic mass is 79.9. The largest absolute Gasteiger partial charge is 0.493 e. The van der Waals surface area contributed by atoms with Crippen molar-refractivity contribution < 1.29 is 4.74 Å². The van der Waals surface area contributed by atoms with Crippen molar-refractivity contribution in [3.05, 3.63) is 45.3 Å². The lowest BCUT2D eigenvalue weighted by atomic mass is 10.2. The zero-order valence-corrected chi connectivity index (χ0v) is 10.8. The summed E-state index contributed by atoms with van der Waals surface area (Å²) >= 11 is 3.11. The van der Waals surface area contributed by atoms with E-state index in [1.807, 2.05) is 31.2 Å². The first kappa shape index (κ1) is 11.9. The summed E-state index contributed by atoms with van der Waals surface area (Å²) in [5.41, 5.74) is 0.570. The Bertz CT molecular complexity index is 581. The number of rotatable bonds is 3. The van der Waals surface area contributed by atoms with E-state index < -0.39 is 0 Å². The van der Waals surface area contributed by atoms with Crippen molar-refractivity contribution in [1.82, 2.24) is 9.97 Å². The van der Waals surface area contributed by atoms with E-state index in [-0.39, 0.29) is 5.56 Å². The van der Waals surface area contributed by atoms with Crippen LogP contribution in [0.4, 0.5) is 0 Å². The topological polar surface area (TPSA) is 55.0 Å². The van der Waals surface area contributed by atoms with E-state index in [4.69, 9.17) is 4.74 Å². The molecule has 1 aromatic carbocycles. The normalized spacial score (nSPS) is 10.2. The van der Waals surface area contributed by atoms with Crippen LogP contribution in [-0.4, -0.2) is 16.6 Å². The van der Waals surface area contributed by atoms with Crippen LogP contribution in [0.1, 0.15) is 6.92 Å². The van der Waals surface area contributed by atoms with E-state index in [9.17, 15) is 4.79 Å². The zero-order valence-electron chi connectivity index (χ0n) is 9.24. The van der Waals surface area contributed by atoms with Crippen LogP contribution in [0.5, 0.6) is 5.75 Å². The van der Waals surface area contributed by atoms with Crippen LogP contribution >= 0.6 is 15.9 Å². The van der Waals surface area contributed by atoms with Gasteiger partial charge in [-0.15, -0.1) is 0 Å². The van der Waals surface area contributed by atoms with Gasteiger partial charge < -0.3 is 9.72 Å². The number of nitrogens with one attached hydrogen (secondary N) is 1. The Hall–Kier alpha value is -1.62. The van der Waals surface area contributed by atoms with Gasteiger partial charge in [-0.05, 0) is 35.0 Å². The SMILES string of the molecule is CCOc1ccccc1-c1ncc(Br)c(=O)[nH]1. The third-order valence-corrected chi connectivity index (χ3v) is 2.76. The molecule has 0 aliphatic carbocycles. The maximum absolute atomic E-state index is 11.5. The molecule has 0 radical (unpaired) electrons. The number of halogens is 1. The molecule has 1 N–H and O–H groups in total. The molecule has 2 rings (SSSR count). The fourth-order valence-electron chi connectivity index (χ4n) is 1.46. The monoisotopic (exact) mass is 294 g/mol. The maximum Gasteiger partial charge on any atom is 0.265 e. The number of H-pyrrole nitrogens is 1. The molecule has 0 unspecified atom stereocenters. The Morgan fingerprint density at radius 2 is 2.18 bits per heavy atom. The van der Waals surface area contributed by atoms with Crippen molar-refractivity contribution >= 4 is 15.9 Å². The van der Waals surface area contributed by atoms with Gasteiger partial charge in [0.15, 0.2) is 0 Å². The Labute approximate surface area is 107 Å². The van der Waals surface area contributed by atoms with Crippen LogP contribution in [0.15, 0.2) is 39.7 Å². The van der Waals surface area contributed by atoms with Crippen LogP contribution in [0, 0.1) is 0 Å². The van der Waals surface area contributed by atoms with Gasteiger partial charge in [0.25, 0.3) is 5.56 Å². The summed E-state index contributed by atoms with van der Waals surface area (Å²) < 4.78 is 5.90. The summed E-state index contributed by atoms with van der Waals surface area (Å²) in [5.74, 6) is 1.21. The molecule has 0 aliphatic heterocycles. The molecule has 0 saturated heterocycles. The second-order valence-corrected chi connectivity index (χ2v) is 4.19. The fraction of sp³-hybridized carbons (Fsp3) is 0.167. The minimum atomic E-state index is -0.207. The molecule has 17 heavy (non-hydrogen) atoms. The Kier molecular flexibility index (Phi) is 3.58. The van der Waals surface area contributed by atoms with Crippen molar-refractivity contribution in [2.24, 2.45) is 0 Å². The number of aromatic amines is 1. The predicted octanol–water partition coefficient (Wildman–Crippen LogP) is 2.60. The second-order valence-electron chi connectivity index (χ2n) is 3.34. The zero-order chi connectivity index (χ0) is 12.3. The van der Waals surface area contributed by atoms with Gasteiger partial charge in [0.2, 0.25) is 0 Å². The van der Waals surface area contributed by atoms with Crippen molar-refractivity contribution in [2.45, 2.75) is 6.92 Å². The molecular weight excluding hydrogens is 284 g/mol. The van der Waals surface area contributed by atoms with Crippen molar-refractivity contribution in [3.8, 4) is 17.1 Å². The molecule has 5 heteroatoms. The summed E-state index contributed by atoms with van der Waals surface area (Å²) in [7, 11) is 0. The summed E-state index contributed by atoms with van der Waals surface area (Å²) in [6.07, 6.45) is 1.48. The van der Waals surface area contributed by atoms with E-state index in [2.05, 4.69) is 25.9 Å². The molecule has 0 saturated carbocycles. The van der Waals surface area contributed by atoms with E-state index in [1.54, 1.807) is 0 Å². The fourth-order valence-corrected chi connectivity index (χ4v) is 1.66. The lowest BCUT2D eigenvalue weighted by Gasteiger charge is -2.08. The Morgan fingerprint density at radius 3 is 2.88 bits per heavy atom. The van der Waals surface area contributed by atoms with Crippen molar-refractivity contribution in [2.75, 3.05) is 6.61 Å². The molecule has 0 aliphatic rings. The first-order valence-corrected chi connectivity index (χ1v) is 5.98. The molecule has 1 aromatic heterocycles. The number of benzene rings is 1. The van der Waals surface area contributed by atoms with E-state index in [0.29, 0.717) is 22.7 Å². The quantitative estimate of drug-likeness (QED) is 0.947. The van der Waals surface area contributed by atoms with Crippen LogP contribution < -0.4 is 10.3 Å². The summed E-state index contributed by atoms with van der Waals surface area (Å²) in [5, 5.41) is 0. The van der Waals surface area contributed by atoms with Crippen LogP contribution in [0.2, 0.25) is 0 Å². The molecule has 0 fully saturated rings. The molecule has 0 atom stereocenters. The van der Waals surface area contributed by atoms with E-state index in [0.717, 1.165) is 5.56 Å². The lowest BCUT2D eigenvalue weighted by molar-refractivity contribution is 0.341. The van der Waals surface area contributed by atoms with Gasteiger partial charge >= 0.3 is 0 Å². The van der Waals surface area contributed by atoms with Gasteiger partial charge in [0.05, 0.1) is 12.2 Å². The molecule has 0 bridgehead atoms. The first-order chi connectivity index (χ1) is 8.22. The van der Waals surface area contributed by atoms with Crippen LogP contribution in [0.3, 0.4) is 0 Å². The third-order valence-electron chi connectivity index (χ3n) is 2.20. The Morgan fingerprint density at radius 1 is 1.41 bits per heavy atom. The van der Waals surface area contributed by atoms with E-state index >= 15 is 0 Å². The number of nitrogens with zero attached hydrogens (tertiary/aromatic N) is 1. The molecule has 4 nitrogen and oxygen atoms in total. The molecule has 2 aromatic rings. The first-order valence-electron chi connectivity index (χ1n) is 5.19. The summed E-state index contributed by atoms with van der Waals surface area (Å²) in [6, 6.07) is 7.46. The molecule has 0 amide bonds. The highest BCUT2D eigenvalue weighted by molar-refractivity contribution is 9.10. The lowest BCUT2D eigenvalue weighted by Crippen LogP contribution is -2.09. The minimum Gasteiger partial charge on any atom is -0.493 e. The number of hydrogen-bond acceptors (Lipinski definition) is 3. The highest BCUT2D eigenvalue weighted by Gasteiger charge is 2.08. The van der Waals surface area contributed by atoms with Gasteiger partial charge in [-0.3, -0.25) is 4.79 Å². The van der Waals surface area contributed by atoms with Crippen molar-refractivity contribution in [1.29, 1.82) is 0 Å². The average molecular weight is 295 g/mol. The van der Waals surface area contributed by atoms with E-state index in [1.165, 1.54) is 6.20 Å². The van der Waals surface area contributed by atoms with Crippen LogP contribution in [-0.2, 0) is 0 Å².